The quantitative estimate of drug-likeness (QED) is 0.385. The largest absolute Gasteiger partial charge is 0.487 e. The molecule has 0 aliphatic carbocycles. The van der Waals surface area contributed by atoms with Gasteiger partial charge in [0.05, 0.1) is 8.95 Å². The van der Waals surface area contributed by atoms with Crippen molar-refractivity contribution >= 4 is 67.1 Å². The molecule has 0 spiro atoms. The van der Waals surface area contributed by atoms with Crippen LogP contribution in [0.3, 0.4) is 0 Å². The van der Waals surface area contributed by atoms with E-state index in [1.54, 1.807) is 12.1 Å². The third kappa shape index (κ3) is 4.38. The maximum Gasteiger partial charge on any atom is 0.263 e. The van der Waals surface area contributed by atoms with Crippen molar-refractivity contribution in [2.45, 2.75) is 6.61 Å². The van der Waals surface area contributed by atoms with Crippen LogP contribution >= 0.6 is 44.1 Å². The number of carbonyl (C=O) groups excluding carboxylic acids is 2. The molecular formula is C18H12Br2N2O3S. The molecule has 2 aromatic carbocycles. The van der Waals surface area contributed by atoms with E-state index in [1.165, 1.54) is 6.08 Å². The summed E-state index contributed by atoms with van der Waals surface area (Å²) in [5.74, 6) is -0.430. The molecule has 0 saturated carbocycles. The summed E-state index contributed by atoms with van der Waals surface area (Å²) >= 11 is 11.7. The topological polar surface area (TPSA) is 67.4 Å². The Morgan fingerprint density at radius 2 is 1.58 bits per heavy atom. The number of benzene rings is 2. The summed E-state index contributed by atoms with van der Waals surface area (Å²) < 4.78 is 7.26. The number of carbonyl (C=O) groups is 2. The van der Waals surface area contributed by atoms with Gasteiger partial charge in [0, 0.05) is 0 Å². The normalized spacial score (nSPS) is 13.9. The van der Waals surface area contributed by atoms with Gasteiger partial charge in [0.25, 0.3) is 11.8 Å². The van der Waals surface area contributed by atoms with Crippen LogP contribution in [0, 0.1) is 0 Å². The molecule has 132 valence electrons. The Balaban J connectivity index is 1.83. The fraction of sp³-hybridized carbons (Fsp3) is 0.0556. The average Bonchev–Trinajstić information content (AvgIpc) is 2.58. The van der Waals surface area contributed by atoms with Crippen molar-refractivity contribution in [3.05, 3.63) is 68.1 Å². The molecule has 1 fully saturated rings. The van der Waals surface area contributed by atoms with Gasteiger partial charge >= 0.3 is 0 Å². The fourth-order valence-corrected chi connectivity index (χ4v) is 3.94. The summed E-state index contributed by atoms with van der Waals surface area (Å²) in [7, 11) is 0. The lowest BCUT2D eigenvalue weighted by atomic mass is 10.1. The van der Waals surface area contributed by atoms with Crippen molar-refractivity contribution in [1.29, 1.82) is 0 Å². The second-order valence-corrected chi connectivity index (χ2v) is 7.50. The van der Waals surface area contributed by atoms with Crippen molar-refractivity contribution < 1.29 is 14.3 Å². The van der Waals surface area contributed by atoms with Crippen molar-refractivity contribution in [1.82, 2.24) is 10.6 Å². The number of thiocarbonyl (C=S) groups is 1. The van der Waals surface area contributed by atoms with Gasteiger partial charge in [-0.3, -0.25) is 20.2 Å². The highest BCUT2D eigenvalue weighted by Crippen LogP contribution is 2.36. The third-order valence-corrected chi connectivity index (χ3v) is 4.88. The fourth-order valence-electron chi connectivity index (χ4n) is 2.30. The highest BCUT2D eigenvalue weighted by Gasteiger charge is 2.25. The van der Waals surface area contributed by atoms with Crippen molar-refractivity contribution in [2.75, 3.05) is 0 Å². The molecule has 0 bridgehead atoms. The Morgan fingerprint density at radius 1 is 1.00 bits per heavy atom. The average molecular weight is 496 g/mol. The van der Waals surface area contributed by atoms with Gasteiger partial charge in [0.2, 0.25) is 0 Å². The van der Waals surface area contributed by atoms with Gasteiger partial charge in [-0.15, -0.1) is 0 Å². The summed E-state index contributed by atoms with van der Waals surface area (Å²) in [4.78, 5) is 23.9. The zero-order valence-corrected chi connectivity index (χ0v) is 17.2. The monoisotopic (exact) mass is 494 g/mol. The van der Waals surface area contributed by atoms with Gasteiger partial charge in [-0.25, -0.2) is 0 Å². The van der Waals surface area contributed by atoms with Crippen molar-refractivity contribution in [3.63, 3.8) is 0 Å². The SMILES string of the molecule is O=C1NC(=S)NC(=O)C1=Cc1cc(Br)c(OCc2ccccc2)c(Br)c1. The highest BCUT2D eigenvalue weighted by molar-refractivity contribution is 9.11. The van der Waals surface area contributed by atoms with E-state index in [-0.39, 0.29) is 10.7 Å². The van der Waals surface area contributed by atoms with E-state index in [9.17, 15) is 9.59 Å². The van der Waals surface area contributed by atoms with E-state index < -0.39 is 11.8 Å². The molecule has 5 nitrogen and oxygen atoms in total. The maximum absolute atomic E-state index is 11.9. The zero-order valence-electron chi connectivity index (χ0n) is 13.2. The molecule has 1 aliphatic rings. The van der Waals surface area contributed by atoms with Crippen LogP contribution < -0.4 is 15.4 Å². The van der Waals surface area contributed by atoms with Crippen LogP contribution in [0.25, 0.3) is 6.08 Å². The first-order chi connectivity index (χ1) is 12.4. The summed E-state index contributed by atoms with van der Waals surface area (Å²) in [6.45, 7) is 0.417. The first-order valence-corrected chi connectivity index (χ1v) is 9.47. The lowest BCUT2D eigenvalue weighted by molar-refractivity contribution is -0.123. The van der Waals surface area contributed by atoms with Gasteiger partial charge in [-0.2, -0.15) is 0 Å². The Morgan fingerprint density at radius 3 is 2.15 bits per heavy atom. The molecule has 8 heteroatoms. The van der Waals surface area contributed by atoms with Crippen LogP contribution in [0.15, 0.2) is 57.0 Å². The lowest BCUT2D eigenvalue weighted by Gasteiger charge is -2.16. The summed E-state index contributed by atoms with van der Waals surface area (Å²) in [6, 6.07) is 13.3. The number of halogens is 2. The Bertz CT molecular complexity index is 884. The maximum atomic E-state index is 11.9. The van der Waals surface area contributed by atoms with Crippen LogP contribution in [0.1, 0.15) is 11.1 Å². The molecule has 0 aromatic heterocycles. The van der Waals surface area contributed by atoms with Crippen molar-refractivity contribution in [3.8, 4) is 5.75 Å². The number of rotatable bonds is 4. The van der Waals surface area contributed by atoms with Crippen LogP contribution in [0.2, 0.25) is 0 Å². The van der Waals surface area contributed by atoms with Crippen LogP contribution in [0.5, 0.6) is 5.75 Å². The van der Waals surface area contributed by atoms with Gasteiger partial charge in [0.15, 0.2) is 5.11 Å². The smallest absolute Gasteiger partial charge is 0.263 e. The first kappa shape index (κ1) is 18.8. The molecule has 0 radical (unpaired) electrons. The number of nitrogens with one attached hydrogen (secondary N) is 2. The molecule has 3 rings (SSSR count). The standard InChI is InChI=1S/C18H12Br2N2O3S/c19-13-7-11(6-12-16(23)21-18(26)22-17(12)24)8-14(20)15(13)25-9-10-4-2-1-3-5-10/h1-8H,9H2,(H2,21,22,23,24,26). The second kappa shape index (κ2) is 8.11. The molecule has 1 heterocycles. The number of hydrogen-bond acceptors (Lipinski definition) is 4. The predicted octanol–water partition coefficient (Wildman–Crippen LogP) is 3.70. The van der Waals surface area contributed by atoms with Gasteiger partial charge < -0.3 is 4.74 Å². The minimum atomic E-state index is -0.532. The molecule has 0 unspecified atom stereocenters. The van der Waals surface area contributed by atoms with Gasteiger partial charge in [-0.05, 0) is 73.4 Å². The summed E-state index contributed by atoms with van der Waals surface area (Å²) in [5, 5.41) is 4.81. The van der Waals surface area contributed by atoms with E-state index in [2.05, 4.69) is 42.5 Å². The third-order valence-electron chi connectivity index (χ3n) is 3.50. The van der Waals surface area contributed by atoms with E-state index >= 15 is 0 Å². The molecular weight excluding hydrogens is 484 g/mol. The Hall–Kier alpha value is -2.03. The second-order valence-electron chi connectivity index (χ2n) is 5.38. The molecule has 1 aliphatic heterocycles. The first-order valence-electron chi connectivity index (χ1n) is 7.48. The summed E-state index contributed by atoms with van der Waals surface area (Å²) in [6.07, 6.45) is 1.49. The zero-order chi connectivity index (χ0) is 18.7. The van der Waals surface area contributed by atoms with E-state index in [0.29, 0.717) is 26.9 Å². The molecule has 1 saturated heterocycles. The molecule has 0 atom stereocenters. The van der Waals surface area contributed by atoms with Gasteiger partial charge in [-0.1, -0.05) is 30.3 Å². The minimum absolute atomic E-state index is 0.00386. The van der Waals surface area contributed by atoms with E-state index in [4.69, 9.17) is 17.0 Å². The number of ether oxygens (including phenoxy) is 1. The van der Waals surface area contributed by atoms with Crippen LogP contribution in [-0.4, -0.2) is 16.9 Å². The molecule has 2 amide bonds. The minimum Gasteiger partial charge on any atom is -0.487 e. The molecule has 2 aromatic rings. The molecule has 26 heavy (non-hydrogen) atoms. The lowest BCUT2D eigenvalue weighted by Crippen LogP contribution is -2.51. The Kier molecular flexibility index (Phi) is 5.85. The van der Waals surface area contributed by atoms with E-state index in [0.717, 1.165) is 5.56 Å². The highest BCUT2D eigenvalue weighted by atomic mass is 79.9. The summed E-state index contributed by atoms with van der Waals surface area (Å²) in [5.41, 5.74) is 1.68. The number of hydrogen-bond donors (Lipinski definition) is 2. The number of amides is 2. The van der Waals surface area contributed by atoms with E-state index in [1.807, 2.05) is 30.3 Å². The van der Waals surface area contributed by atoms with Crippen LogP contribution in [0.4, 0.5) is 0 Å². The van der Waals surface area contributed by atoms with Gasteiger partial charge in [0.1, 0.15) is 17.9 Å². The predicted molar refractivity (Wildman–Crippen MR) is 109 cm³/mol. The Labute approximate surface area is 172 Å². The van der Waals surface area contributed by atoms with Crippen molar-refractivity contribution in [2.24, 2.45) is 0 Å². The van der Waals surface area contributed by atoms with Crippen LogP contribution in [-0.2, 0) is 16.2 Å². The molecule has 2 N–H and O–H groups in total.